The van der Waals surface area contributed by atoms with Gasteiger partial charge in [0, 0.05) is 32.5 Å². The van der Waals surface area contributed by atoms with E-state index in [1.807, 2.05) is 12.1 Å². The van der Waals surface area contributed by atoms with Crippen LogP contribution in [0.3, 0.4) is 0 Å². The fourth-order valence-corrected chi connectivity index (χ4v) is 5.12. The van der Waals surface area contributed by atoms with E-state index in [4.69, 9.17) is 9.47 Å². The second-order valence-electron chi connectivity index (χ2n) is 9.33. The summed E-state index contributed by atoms with van der Waals surface area (Å²) < 4.78 is 25.2. The Kier molecular flexibility index (Phi) is 8.44. The Morgan fingerprint density at radius 3 is 2.62 bits per heavy atom. The molecule has 4 nitrogen and oxygen atoms in total. The van der Waals surface area contributed by atoms with Gasteiger partial charge in [-0.05, 0) is 61.1 Å². The van der Waals surface area contributed by atoms with Gasteiger partial charge in [-0.25, -0.2) is 9.18 Å². The predicted octanol–water partition coefficient (Wildman–Crippen LogP) is 5.00. The highest BCUT2D eigenvalue weighted by Crippen LogP contribution is 2.48. The third kappa shape index (κ3) is 5.96. The molecule has 0 unspecified atom stereocenters. The molecule has 0 fully saturated rings. The number of methoxy groups -OCH3 is 1. The molecule has 0 saturated carbocycles. The van der Waals surface area contributed by atoms with Crippen LogP contribution in [0.2, 0.25) is 0 Å². The lowest BCUT2D eigenvalue weighted by atomic mass is 9.65. The number of carbonyl (C=O) groups is 1. The van der Waals surface area contributed by atoms with Gasteiger partial charge in [-0.3, -0.25) is 0 Å². The first-order valence-corrected chi connectivity index (χ1v) is 11.6. The van der Waals surface area contributed by atoms with Gasteiger partial charge in [0.1, 0.15) is 18.0 Å². The van der Waals surface area contributed by atoms with Crippen molar-refractivity contribution in [1.29, 1.82) is 0 Å². The van der Waals surface area contributed by atoms with Crippen molar-refractivity contribution in [2.24, 2.45) is 5.92 Å². The molecule has 0 aliphatic heterocycles. The first kappa shape index (κ1) is 24.4. The Balaban J connectivity index is 1.80. The number of ether oxygens (including phenoxy) is 2. The molecule has 0 spiro atoms. The molecule has 174 valence electrons. The first-order valence-electron chi connectivity index (χ1n) is 11.6. The molecule has 0 saturated heterocycles. The Morgan fingerprint density at radius 1 is 1.19 bits per heavy atom. The molecule has 1 aliphatic rings. The van der Waals surface area contributed by atoms with Crippen molar-refractivity contribution in [2.45, 2.75) is 51.0 Å². The maximum Gasteiger partial charge on any atom is 0.332 e. The smallest absolute Gasteiger partial charge is 0.332 e. The normalized spacial score (nSPS) is 20.4. The fraction of sp³-hybridized carbons (Fsp3) is 0.519. The van der Waals surface area contributed by atoms with Crippen LogP contribution in [0.5, 0.6) is 0 Å². The molecular formula is C27H36FNO3. The van der Waals surface area contributed by atoms with Gasteiger partial charge in [-0.1, -0.05) is 50.2 Å². The molecule has 5 heteroatoms. The largest absolute Gasteiger partial charge is 0.457 e. The van der Waals surface area contributed by atoms with Gasteiger partial charge in [0.25, 0.3) is 0 Å². The van der Waals surface area contributed by atoms with Crippen molar-refractivity contribution in [2.75, 3.05) is 33.9 Å². The van der Waals surface area contributed by atoms with Gasteiger partial charge in [-0.15, -0.1) is 0 Å². The quantitative estimate of drug-likeness (QED) is 0.486. The molecular weight excluding hydrogens is 405 g/mol. The number of benzene rings is 2. The number of carbonyl (C=O) groups excluding carboxylic acids is 1. The summed E-state index contributed by atoms with van der Waals surface area (Å²) in [6.07, 6.45) is 3.09. The number of halogens is 1. The Bertz CT molecular complexity index is 886. The predicted molar refractivity (Wildman–Crippen MR) is 125 cm³/mol. The van der Waals surface area contributed by atoms with E-state index in [-0.39, 0.29) is 30.2 Å². The van der Waals surface area contributed by atoms with Gasteiger partial charge in [-0.2, -0.15) is 0 Å². The van der Waals surface area contributed by atoms with Crippen LogP contribution in [0.25, 0.3) is 0 Å². The Labute approximate surface area is 191 Å². The van der Waals surface area contributed by atoms with Crippen molar-refractivity contribution in [3.8, 4) is 0 Å². The lowest BCUT2D eigenvalue weighted by Crippen LogP contribution is -2.49. The van der Waals surface area contributed by atoms with Gasteiger partial charge >= 0.3 is 5.97 Å². The number of hydrogen-bond donors (Lipinski definition) is 0. The van der Waals surface area contributed by atoms with Crippen LogP contribution < -0.4 is 0 Å². The third-order valence-electron chi connectivity index (χ3n) is 6.61. The van der Waals surface area contributed by atoms with Crippen molar-refractivity contribution >= 4 is 5.97 Å². The fourth-order valence-electron chi connectivity index (χ4n) is 5.12. The van der Waals surface area contributed by atoms with Gasteiger partial charge in [0.15, 0.2) is 0 Å². The second kappa shape index (κ2) is 11.1. The topological polar surface area (TPSA) is 38.8 Å². The van der Waals surface area contributed by atoms with Gasteiger partial charge in [0.05, 0.1) is 0 Å². The summed E-state index contributed by atoms with van der Waals surface area (Å²) in [5.74, 6) is -0.300. The van der Waals surface area contributed by atoms with E-state index in [0.29, 0.717) is 12.8 Å². The molecule has 0 amide bonds. The number of aryl methyl sites for hydroxylation is 1. The molecule has 0 heterocycles. The first-order chi connectivity index (χ1) is 15.3. The van der Waals surface area contributed by atoms with Crippen LogP contribution in [0.15, 0.2) is 48.5 Å². The molecule has 0 bridgehead atoms. The van der Waals surface area contributed by atoms with Crippen LogP contribution in [-0.2, 0) is 27.1 Å². The Hall–Kier alpha value is -2.24. The standard InChI is InChI=1S/C27H36FNO3/c1-20(2)26-24-11-10-23(28)18-22(24)12-14-27(26,32-25(30)19-31-4)15-17-29(3)16-13-21-8-6-5-7-9-21/h5-11,18,20,26H,12-17,19H2,1-4H3/t26-,27-/m1/s1. The van der Waals surface area contributed by atoms with Crippen molar-refractivity contribution in [3.05, 3.63) is 71.0 Å². The van der Waals surface area contributed by atoms with Gasteiger partial charge in [0.2, 0.25) is 0 Å². The summed E-state index contributed by atoms with van der Waals surface area (Å²) in [6, 6.07) is 15.5. The number of esters is 1. The Morgan fingerprint density at radius 2 is 1.94 bits per heavy atom. The molecule has 2 atom stereocenters. The monoisotopic (exact) mass is 441 g/mol. The summed E-state index contributed by atoms with van der Waals surface area (Å²) in [4.78, 5) is 14.9. The van der Waals surface area contributed by atoms with Crippen molar-refractivity contribution in [1.82, 2.24) is 4.90 Å². The highest BCUT2D eigenvalue weighted by molar-refractivity contribution is 5.71. The number of fused-ring (bicyclic) bond motifs is 1. The molecule has 32 heavy (non-hydrogen) atoms. The van der Waals surface area contributed by atoms with E-state index < -0.39 is 5.60 Å². The van der Waals surface area contributed by atoms with Crippen LogP contribution in [0.1, 0.15) is 49.3 Å². The van der Waals surface area contributed by atoms with Crippen LogP contribution in [-0.4, -0.2) is 50.3 Å². The number of likely N-dealkylation sites (N-methyl/N-ethyl adjacent to an activating group) is 1. The molecule has 2 aromatic carbocycles. The number of hydrogen-bond acceptors (Lipinski definition) is 4. The highest BCUT2D eigenvalue weighted by Gasteiger charge is 2.47. The molecule has 0 radical (unpaired) electrons. The van der Waals surface area contributed by atoms with E-state index in [0.717, 1.165) is 37.1 Å². The minimum Gasteiger partial charge on any atom is -0.457 e. The van der Waals surface area contributed by atoms with Crippen LogP contribution >= 0.6 is 0 Å². The average molecular weight is 442 g/mol. The zero-order valence-electron chi connectivity index (χ0n) is 19.8. The van der Waals surface area contributed by atoms with E-state index in [1.165, 1.54) is 18.7 Å². The maximum atomic E-state index is 13.9. The van der Waals surface area contributed by atoms with E-state index >= 15 is 0 Å². The summed E-state index contributed by atoms with van der Waals surface area (Å²) in [5.41, 5.74) is 2.81. The van der Waals surface area contributed by atoms with Gasteiger partial charge < -0.3 is 14.4 Å². The average Bonchev–Trinajstić information content (AvgIpc) is 2.77. The van der Waals surface area contributed by atoms with E-state index in [2.05, 4.69) is 50.1 Å². The summed E-state index contributed by atoms with van der Waals surface area (Å²) in [6.45, 7) is 5.99. The second-order valence-corrected chi connectivity index (χ2v) is 9.33. The third-order valence-corrected chi connectivity index (χ3v) is 6.61. The van der Waals surface area contributed by atoms with Crippen molar-refractivity contribution < 1.29 is 18.7 Å². The summed E-state index contributed by atoms with van der Waals surface area (Å²) in [5, 5.41) is 0. The maximum absolute atomic E-state index is 13.9. The minimum atomic E-state index is -0.629. The molecule has 1 aliphatic carbocycles. The molecule has 2 aromatic rings. The molecule has 0 aromatic heterocycles. The number of nitrogens with zero attached hydrogens (tertiary/aromatic N) is 1. The van der Waals surface area contributed by atoms with Crippen molar-refractivity contribution in [3.63, 3.8) is 0 Å². The molecule has 0 N–H and O–H groups in total. The number of rotatable bonds is 10. The van der Waals surface area contributed by atoms with Crippen LogP contribution in [0, 0.1) is 11.7 Å². The highest BCUT2D eigenvalue weighted by atomic mass is 19.1. The van der Waals surface area contributed by atoms with Crippen LogP contribution in [0.4, 0.5) is 4.39 Å². The zero-order valence-corrected chi connectivity index (χ0v) is 19.8. The molecule has 3 rings (SSSR count). The lowest BCUT2D eigenvalue weighted by Gasteiger charge is -2.47. The SMILES string of the molecule is COCC(=O)O[C@@]1(CCN(C)CCc2ccccc2)CCc2cc(F)ccc2[C@H]1C(C)C. The zero-order chi connectivity index (χ0) is 23.1. The summed E-state index contributed by atoms with van der Waals surface area (Å²) in [7, 11) is 3.62. The summed E-state index contributed by atoms with van der Waals surface area (Å²) >= 11 is 0. The van der Waals surface area contributed by atoms with E-state index in [1.54, 1.807) is 6.07 Å². The van der Waals surface area contributed by atoms with E-state index in [9.17, 15) is 9.18 Å². The lowest BCUT2D eigenvalue weighted by molar-refractivity contribution is -0.172. The minimum absolute atomic E-state index is 0.00943.